The molecular formula is C24H47KO9SSi. The van der Waals surface area contributed by atoms with Crippen LogP contribution in [0.5, 0.6) is 0 Å². The molecule has 0 amide bonds. The third-order valence-electron chi connectivity index (χ3n) is 5.98. The van der Waals surface area contributed by atoms with Gasteiger partial charge in [0.15, 0.2) is 24.2 Å². The van der Waals surface area contributed by atoms with E-state index in [2.05, 4.69) is 38.8 Å². The van der Waals surface area contributed by atoms with Crippen LogP contribution in [0, 0.1) is 0 Å². The average Bonchev–Trinajstić information content (AvgIpc) is 3.35. The van der Waals surface area contributed by atoms with Gasteiger partial charge < -0.3 is 45.2 Å². The first-order valence-corrected chi connectivity index (χ1v) is 16.4. The van der Waals surface area contributed by atoms with Gasteiger partial charge >= 0.3 is 51.4 Å². The van der Waals surface area contributed by atoms with Gasteiger partial charge in [-0.15, -0.1) is 6.58 Å². The van der Waals surface area contributed by atoms with E-state index in [-0.39, 0.29) is 71.3 Å². The van der Waals surface area contributed by atoms with Crippen molar-refractivity contribution in [2.75, 3.05) is 6.23 Å². The maximum absolute atomic E-state index is 10.2. The Labute approximate surface area is 268 Å². The smallest absolute Gasteiger partial charge is 1.00 e. The Morgan fingerprint density at radius 3 is 1.78 bits per heavy atom. The number of thiol groups is 1. The van der Waals surface area contributed by atoms with E-state index in [0.29, 0.717) is 12.8 Å². The topological polar surface area (TPSA) is 116 Å². The number of ether oxygens (including phenoxy) is 6. The van der Waals surface area contributed by atoms with E-state index < -0.39 is 62.7 Å². The van der Waals surface area contributed by atoms with Gasteiger partial charge in [0, 0.05) is 15.9 Å². The molecule has 4 aliphatic heterocycles. The Balaban J connectivity index is 0.000000642. The molecule has 9 nitrogen and oxygen atoms in total. The van der Waals surface area contributed by atoms with E-state index in [4.69, 9.17) is 29.8 Å². The van der Waals surface area contributed by atoms with Gasteiger partial charge in [0.05, 0.1) is 18.3 Å². The van der Waals surface area contributed by atoms with Crippen molar-refractivity contribution < 1.29 is 97.9 Å². The first-order chi connectivity index (χ1) is 16.5. The average molecular weight is 580 g/mol. The summed E-state index contributed by atoms with van der Waals surface area (Å²) in [5, 5.41) is 30.1. The van der Waals surface area contributed by atoms with Crippen molar-refractivity contribution in [2.24, 2.45) is 0 Å². The van der Waals surface area contributed by atoms with E-state index >= 15 is 0 Å². The minimum absolute atomic E-state index is 0. The van der Waals surface area contributed by atoms with Gasteiger partial charge in [-0.1, -0.05) is 25.7 Å². The quantitative estimate of drug-likeness (QED) is 0.193. The summed E-state index contributed by atoms with van der Waals surface area (Å²) in [5.41, 5.74) is 0. The summed E-state index contributed by atoms with van der Waals surface area (Å²) in [7, 11) is -1.32. The zero-order valence-corrected chi connectivity index (χ0v) is 28.1. The predicted molar refractivity (Wildman–Crippen MR) is 139 cm³/mol. The Hall–Kier alpha value is 1.58. The molecule has 0 radical (unpaired) electrons. The van der Waals surface area contributed by atoms with Crippen LogP contribution in [0.25, 0.3) is 0 Å². The van der Waals surface area contributed by atoms with Gasteiger partial charge in [-0.25, -0.2) is 0 Å². The summed E-state index contributed by atoms with van der Waals surface area (Å²) in [5.74, 6) is -1.37. The van der Waals surface area contributed by atoms with Crippen LogP contribution in [0.1, 0.15) is 43.3 Å². The van der Waals surface area contributed by atoms with Crippen molar-refractivity contribution in [1.29, 1.82) is 0 Å². The Kier molecular flexibility index (Phi) is 13.6. The SMILES string of the molecule is C=CC[C@H]1O[C@@H]2OC(C)(C)OC2[C@H]1O.CC1(C)OC2[C@H](O[C@H](CC(O)C[Si](C)(C)C)[C@@H]2O)O1.[2H]CS.[H-].[K+]. The van der Waals surface area contributed by atoms with Crippen LogP contribution in [-0.2, 0) is 28.4 Å². The Morgan fingerprint density at radius 2 is 1.39 bits per heavy atom. The molecule has 208 valence electrons. The summed E-state index contributed by atoms with van der Waals surface area (Å²) >= 11 is 3.46. The number of aliphatic hydroxyl groups is 3. The first kappa shape index (κ1) is 33.8. The molecular weight excluding hydrogens is 532 g/mol. The third-order valence-corrected chi connectivity index (χ3v) is 7.68. The molecule has 9 atom stereocenters. The normalized spacial score (nSPS) is 38.8. The van der Waals surface area contributed by atoms with Gasteiger partial charge in [0.25, 0.3) is 0 Å². The van der Waals surface area contributed by atoms with Crippen LogP contribution in [0.15, 0.2) is 12.7 Å². The van der Waals surface area contributed by atoms with Crippen molar-refractivity contribution in [1.82, 2.24) is 0 Å². The zero-order chi connectivity index (χ0) is 27.5. The van der Waals surface area contributed by atoms with Gasteiger partial charge in [-0.3, -0.25) is 0 Å². The second kappa shape index (κ2) is 14.5. The van der Waals surface area contributed by atoms with Crippen LogP contribution in [0.3, 0.4) is 0 Å². The number of rotatable bonds is 6. The van der Waals surface area contributed by atoms with Gasteiger partial charge in [-0.2, -0.15) is 12.6 Å². The van der Waals surface area contributed by atoms with E-state index in [1.54, 1.807) is 19.9 Å². The van der Waals surface area contributed by atoms with E-state index in [0.717, 1.165) is 6.04 Å². The maximum Gasteiger partial charge on any atom is 1.00 e. The largest absolute Gasteiger partial charge is 1.00 e. The van der Waals surface area contributed by atoms with Gasteiger partial charge in [-0.05, 0) is 46.4 Å². The van der Waals surface area contributed by atoms with Crippen molar-refractivity contribution in [3.8, 4) is 0 Å². The molecule has 0 aliphatic carbocycles. The van der Waals surface area contributed by atoms with Crippen LogP contribution in [0.4, 0.5) is 0 Å². The molecule has 0 aromatic rings. The van der Waals surface area contributed by atoms with E-state index in [1.165, 1.54) is 0 Å². The maximum atomic E-state index is 10.2. The zero-order valence-electron chi connectivity index (χ0n) is 25.0. The van der Waals surface area contributed by atoms with Crippen LogP contribution in [0.2, 0.25) is 25.7 Å². The third kappa shape index (κ3) is 9.89. The standard InChI is InChI=1S/C13H26O5Si.C10H16O4.CH4S.K.H/c1-13(2)17-11-10(15)9(16-12(11)18-13)6-8(14)7-19(3,4)5;1-4-5-6-7(11)8-9(12-6)14-10(2,3)13-8;1-2;;/h8-12,14-15H,6-7H2,1-5H3;4,6-9,11H,1,5H2,2-3H3;2H,1H3;;/q;;;+1;-1/t8?,9-,10+,11?,12-;6-,7+,8?,9-;;;/m11.../s1/i;;1D;;. The summed E-state index contributed by atoms with van der Waals surface area (Å²) in [6, 6.07) is 0.808. The number of fused-ring (bicyclic) bond motifs is 2. The summed E-state index contributed by atoms with van der Waals surface area (Å²) < 4.78 is 39.5. The number of hydrogen-bond acceptors (Lipinski definition) is 10. The monoisotopic (exact) mass is 579 g/mol. The van der Waals surface area contributed by atoms with Gasteiger partial charge in [0.1, 0.15) is 24.4 Å². The minimum atomic E-state index is -1.32. The molecule has 4 aliphatic rings. The fourth-order valence-electron chi connectivity index (χ4n) is 4.73. The molecule has 0 aromatic carbocycles. The fourth-order valence-corrected chi connectivity index (χ4v) is 6.31. The molecule has 0 aromatic heterocycles. The van der Waals surface area contributed by atoms with Crippen molar-refractivity contribution in [2.45, 2.75) is 133 Å². The van der Waals surface area contributed by atoms with E-state index in [9.17, 15) is 15.3 Å². The molecule has 0 bridgehead atoms. The molecule has 4 rings (SSSR count). The van der Waals surface area contributed by atoms with Crippen LogP contribution < -0.4 is 51.4 Å². The van der Waals surface area contributed by atoms with Crippen LogP contribution >= 0.6 is 12.6 Å². The summed E-state index contributed by atoms with van der Waals surface area (Å²) in [6.45, 7) is 17.5. The summed E-state index contributed by atoms with van der Waals surface area (Å²) in [6.07, 6.45) is -1.25. The molecule has 3 N–H and O–H groups in total. The Morgan fingerprint density at radius 1 is 0.972 bits per heavy atom. The second-order valence-corrected chi connectivity index (χ2v) is 17.0. The van der Waals surface area contributed by atoms with Crippen molar-refractivity contribution >= 4 is 20.7 Å². The first-order valence-electron chi connectivity index (χ1n) is 12.8. The number of hydrogen-bond donors (Lipinski definition) is 4. The molecule has 0 saturated carbocycles. The molecule has 36 heavy (non-hydrogen) atoms. The molecule has 3 unspecified atom stereocenters. The molecule has 4 heterocycles. The fraction of sp³-hybridized carbons (Fsp3) is 0.917. The van der Waals surface area contributed by atoms with Crippen LogP contribution in [-0.4, -0.2) is 96.5 Å². The number of aliphatic hydroxyl groups excluding tert-OH is 3. The minimum Gasteiger partial charge on any atom is -1.00 e. The molecule has 4 saturated heterocycles. The molecule has 0 spiro atoms. The van der Waals surface area contributed by atoms with E-state index in [1.807, 2.05) is 13.8 Å². The van der Waals surface area contributed by atoms with Gasteiger partial charge in [0.2, 0.25) is 0 Å². The second-order valence-electron chi connectivity index (χ2n) is 11.4. The predicted octanol–water partition coefficient (Wildman–Crippen LogP) is -0.225. The van der Waals surface area contributed by atoms with Crippen molar-refractivity contribution in [3.05, 3.63) is 12.7 Å². The summed E-state index contributed by atoms with van der Waals surface area (Å²) in [4.78, 5) is 0. The molecule has 4 fully saturated rings. The molecule has 12 heteroatoms. The van der Waals surface area contributed by atoms with Crippen molar-refractivity contribution in [3.63, 3.8) is 0 Å². The Bertz CT molecular complexity index is 719.